The van der Waals surface area contributed by atoms with Gasteiger partial charge in [-0.05, 0) is 26.2 Å². The molecule has 2 rings (SSSR count). The van der Waals surface area contributed by atoms with Gasteiger partial charge in [-0.25, -0.2) is 0 Å². The predicted octanol–water partition coefficient (Wildman–Crippen LogP) is 0.425. The maximum atomic E-state index is 12.1. The molecule has 1 aliphatic rings. The van der Waals surface area contributed by atoms with Crippen LogP contribution in [0.25, 0.3) is 0 Å². The lowest BCUT2D eigenvalue weighted by molar-refractivity contribution is -0.135. The number of nitrogens with zero attached hydrogens (tertiary/aromatic N) is 3. The molecule has 0 radical (unpaired) electrons. The summed E-state index contributed by atoms with van der Waals surface area (Å²) in [5.74, 6) is 0.706. The number of hydrogen-bond donors (Lipinski definition) is 1. The number of hydrogen-bond acceptors (Lipinski definition) is 5. The third-order valence-corrected chi connectivity index (χ3v) is 3.53. The highest BCUT2D eigenvalue weighted by Crippen LogP contribution is 2.17. The summed E-state index contributed by atoms with van der Waals surface area (Å²) in [4.78, 5) is 29.1. The van der Waals surface area contributed by atoms with Crippen molar-refractivity contribution in [3.8, 4) is 0 Å². The molecule has 0 saturated carbocycles. The summed E-state index contributed by atoms with van der Waals surface area (Å²) in [5.41, 5.74) is 5.30. The molecule has 0 bridgehead atoms. The molecule has 0 spiro atoms. The monoisotopic (exact) mass is 280 g/mol. The second-order valence-corrected chi connectivity index (χ2v) is 5.17. The Bertz CT molecular complexity index is 486. The summed E-state index contributed by atoms with van der Waals surface area (Å²) < 4.78 is 4.99. The second-order valence-electron chi connectivity index (χ2n) is 5.17. The van der Waals surface area contributed by atoms with E-state index in [1.165, 1.54) is 0 Å². The topological polar surface area (TPSA) is 102 Å². The van der Waals surface area contributed by atoms with Gasteiger partial charge >= 0.3 is 0 Å². The molecule has 1 fully saturated rings. The van der Waals surface area contributed by atoms with Crippen LogP contribution in [0.5, 0.6) is 0 Å². The first-order valence-electron chi connectivity index (χ1n) is 6.92. The molecule has 2 heterocycles. The van der Waals surface area contributed by atoms with E-state index in [4.69, 9.17) is 10.3 Å². The van der Waals surface area contributed by atoms with Crippen LogP contribution in [-0.4, -0.2) is 39.9 Å². The van der Waals surface area contributed by atoms with E-state index in [0.717, 1.165) is 12.8 Å². The van der Waals surface area contributed by atoms with Gasteiger partial charge in [0.25, 0.3) is 0 Å². The fourth-order valence-corrected chi connectivity index (χ4v) is 2.43. The minimum absolute atomic E-state index is 0.0622. The molecular weight excluding hydrogens is 260 g/mol. The molecule has 0 unspecified atom stereocenters. The van der Waals surface area contributed by atoms with Gasteiger partial charge in [-0.2, -0.15) is 4.98 Å². The zero-order chi connectivity index (χ0) is 14.5. The number of piperidine rings is 1. The second kappa shape index (κ2) is 6.49. The third kappa shape index (κ3) is 3.79. The van der Waals surface area contributed by atoms with Gasteiger partial charge in [-0.15, -0.1) is 0 Å². The standard InChI is InChI=1S/C13H20N4O3/c1-9-15-11(20-16-9)5-2-6-12(18)17-7-3-4-10(8-17)13(14)19/h10H,2-8H2,1H3,(H2,14,19)/t10-/m1/s1. The van der Waals surface area contributed by atoms with Crippen molar-refractivity contribution in [2.45, 2.75) is 39.0 Å². The van der Waals surface area contributed by atoms with Crippen LogP contribution in [0.4, 0.5) is 0 Å². The normalized spacial score (nSPS) is 19.1. The molecule has 7 heteroatoms. The molecular formula is C13H20N4O3. The van der Waals surface area contributed by atoms with Gasteiger partial charge in [0.1, 0.15) is 0 Å². The number of primary amides is 1. The summed E-state index contributed by atoms with van der Waals surface area (Å²) in [7, 11) is 0. The first-order valence-corrected chi connectivity index (χ1v) is 6.92. The molecule has 110 valence electrons. The van der Waals surface area contributed by atoms with E-state index in [9.17, 15) is 9.59 Å². The van der Waals surface area contributed by atoms with Crippen molar-refractivity contribution in [2.75, 3.05) is 13.1 Å². The maximum Gasteiger partial charge on any atom is 0.226 e. The average molecular weight is 280 g/mol. The summed E-state index contributed by atoms with van der Waals surface area (Å²) >= 11 is 0. The molecule has 1 aromatic heterocycles. The number of aryl methyl sites for hydroxylation is 2. The van der Waals surface area contributed by atoms with E-state index < -0.39 is 0 Å². The van der Waals surface area contributed by atoms with Crippen LogP contribution >= 0.6 is 0 Å². The first-order chi connectivity index (χ1) is 9.56. The van der Waals surface area contributed by atoms with E-state index in [-0.39, 0.29) is 17.7 Å². The molecule has 0 aliphatic carbocycles. The van der Waals surface area contributed by atoms with Crippen LogP contribution in [0.15, 0.2) is 4.52 Å². The summed E-state index contributed by atoms with van der Waals surface area (Å²) in [5, 5.41) is 3.70. The zero-order valence-corrected chi connectivity index (χ0v) is 11.7. The van der Waals surface area contributed by atoms with Crippen LogP contribution in [0, 0.1) is 12.8 Å². The van der Waals surface area contributed by atoms with E-state index in [1.807, 2.05) is 0 Å². The fourth-order valence-electron chi connectivity index (χ4n) is 2.43. The lowest BCUT2D eigenvalue weighted by Gasteiger charge is -2.31. The van der Waals surface area contributed by atoms with Gasteiger partial charge < -0.3 is 15.2 Å². The third-order valence-electron chi connectivity index (χ3n) is 3.53. The summed E-state index contributed by atoms with van der Waals surface area (Å²) in [6.45, 7) is 2.92. The lowest BCUT2D eigenvalue weighted by atomic mass is 9.97. The van der Waals surface area contributed by atoms with Crippen molar-refractivity contribution in [1.29, 1.82) is 0 Å². The van der Waals surface area contributed by atoms with Gasteiger partial charge in [-0.1, -0.05) is 5.16 Å². The Morgan fingerprint density at radius 2 is 2.30 bits per heavy atom. The number of amides is 2. The largest absolute Gasteiger partial charge is 0.369 e. The van der Waals surface area contributed by atoms with E-state index in [1.54, 1.807) is 11.8 Å². The van der Waals surface area contributed by atoms with Gasteiger partial charge in [-0.3, -0.25) is 9.59 Å². The highest BCUT2D eigenvalue weighted by Gasteiger charge is 2.26. The van der Waals surface area contributed by atoms with E-state index in [0.29, 0.717) is 44.1 Å². The first kappa shape index (κ1) is 14.5. The zero-order valence-electron chi connectivity index (χ0n) is 11.7. The van der Waals surface area contributed by atoms with Crippen molar-refractivity contribution in [3.05, 3.63) is 11.7 Å². The highest BCUT2D eigenvalue weighted by atomic mass is 16.5. The van der Waals surface area contributed by atoms with Crippen molar-refractivity contribution >= 4 is 11.8 Å². The van der Waals surface area contributed by atoms with Crippen LogP contribution in [-0.2, 0) is 16.0 Å². The van der Waals surface area contributed by atoms with E-state index in [2.05, 4.69) is 10.1 Å². The molecule has 1 saturated heterocycles. The lowest BCUT2D eigenvalue weighted by Crippen LogP contribution is -2.44. The van der Waals surface area contributed by atoms with Crippen molar-refractivity contribution in [1.82, 2.24) is 15.0 Å². The number of nitrogens with two attached hydrogens (primary N) is 1. The Morgan fingerprint density at radius 3 is 2.95 bits per heavy atom. The minimum Gasteiger partial charge on any atom is -0.369 e. The number of aromatic nitrogens is 2. The number of carbonyl (C=O) groups excluding carboxylic acids is 2. The van der Waals surface area contributed by atoms with E-state index >= 15 is 0 Å². The molecule has 20 heavy (non-hydrogen) atoms. The van der Waals surface area contributed by atoms with Crippen molar-refractivity contribution in [3.63, 3.8) is 0 Å². The number of carbonyl (C=O) groups is 2. The van der Waals surface area contributed by atoms with Gasteiger partial charge in [0.05, 0.1) is 5.92 Å². The Labute approximate surface area is 117 Å². The smallest absolute Gasteiger partial charge is 0.226 e. The predicted molar refractivity (Wildman–Crippen MR) is 70.5 cm³/mol. The molecule has 1 aliphatic heterocycles. The van der Waals surface area contributed by atoms with Gasteiger partial charge in [0.2, 0.25) is 17.7 Å². The summed E-state index contributed by atoms with van der Waals surface area (Å²) in [6.07, 6.45) is 3.30. The Hall–Kier alpha value is -1.92. The fraction of sp³-hybridized carbons (Fsp3) is 0.692. The molecule has 1 aromatic rings. The molecule has 1 atom stereocenters. The number of rotatable bonds is 5. The van der Waals surface area contributed by atoms with Crippen LogP contribution < -0.4 is 5.73 Å². The van der Waals surface area contributed by atoms with Crippen molar-refractivity contribution in [2.24, 2.45) is 11.7 Å². The van der Waals surface area contributed by atoms with Gasteiger partial charge in [0, 0.05) is 25.9 Å². The molecule has 7 nitrogen and oxygen atoms in total. The van der Waals surface area contributed by atoms with Crippen LogP contribution in [0.3, 0.4) is 0 Å². The van der Waals surface area contributed by atoms with Crippen LogP contribution in [0.2, 0.25) is 0 Å². The van der Waals surface area contributed by atoms with Crippen molar-refractivity contribution < 1.29 is 14.1 Å². The quantitative estimate of drug-likeness (QED) is 0.842. The SMILES string of the molecule is Cc1noc(CCCC(=O)N2CCC[C@@H](C(N)=O)C2)n1. The number of likely N-dealkylation sites (tertiary alicyclic amines) is 1. The molecule has 2 amide bonds. The Kier molecular flexibility index (Phi) is 4.70. The average Bonchev–Trinajstić information content (AvgIpc) is 2.84. The maximum absolute atomic E-state index is 12.1. The summed E-state index contributed by atoms with van der Waals surface area (Å²) in [6, 6.07) is 0. The minimum atomic E-state index is -0.316. The Balaban J connectivity index is 1.75. The Morgan fingerprint density at radius 1 is 1.50 bits per heavy atom. The molecule has 0 aromatic carbocycles. The molecule has 2 N–H and O–H groups in total. The van der Waals surface area contributed by atoms with Crippen LogP contribution in [0.1, 0.15) is 37.4 Å². The highest BCUT2D eigenvalue weighted by molar-refractivity contribution is 5.80. The van der Waals surface area contributed by atoms with Gasteiger partial charge in [0.15, 0.2) is 5.82 Å².